The largest absolute Gasteiger partial charge is 0.481 e. The Hall–Kier alpha value is -3.84. The van der Waals surface area contributed by atoms with Crippen LogP contribution in [0.2, 0.25) is 0 Å². The van der Waals surface area contributed by atoms with Crippen molar-refractivity contribution < 1.29 is 17.9 Å². The van der Waals surface area contributed by atoms with Crippen LogP contribution in [0.3, 0.4) is 0 Å². The molecule has 4 aromatic carbocycles. The first-order valence-electron chi connectivity index (χ1n) is 11.4. The minimum absolute atomic E-state index is 0.0989. The van der Waals surface area contributed by atoms with E-state index in [1.54, 1.807) is 18.2 Å². The molecule has 0 aliphatic heterocycles. The number of benzene rings is 4. The topological polar surface area (TPSA) is 84.5 Å². The maximum atomic E-state index is 13.0. The third-order valence-electron chi connectivity index (χ3n) is 5.89. The summed E-state index contributed by atoms with van der Waals surface area (Å²) in [6.45, 7) is 5.89. The fourth-order valence-electron chi connectivity index (χ4n) is 3.73. The number of sulfonamides is 1. The predicted molar refractivity (Wildman–Crippen MR) is 140 cm³/mol. The zero-order valence-corrected chi connectivity index (χ0v) is 20.7. The number of nitrogens with one attached hydrogen (secondary N) is 2. The van der Waals surface area contributed by atoms with Crippen LogP contribution in [-0.4, -0.2) is 20.4 Å². The number of hydrogen-bond acceptors (Lipinski definition) is 4. The summed E-state index contributed by atoms with van der Waals surface area (Å²) < 4.78 is 34.5. The summed E-state index contributed by atoms with van der Waals surface area (Å²) in [6.07, 6.45) is -0.186. The maximum Gasteiger partial charge on any atom is 0.265 e. The van der Waals surface area contributed by atoms with E-state index in [4.69, 9.17) is 4.74 Å². The highest BCUT2D eigenvalue weighted by molar-refractivity contribution is 7.92. The second kappa shape index (κ2) is 10.2. The van der Waals surface area contributed by atoms with E-state index in [-0.39, 0.29) is 10.8 Å². The Kier molecular flexibility index (Phi) is 7.07. The normalized spacial score (nSPS) is 12.2. The molecule has 0 unspecified atom stereocenters. The molecule has 0 saturated heterocycles. The molecular weight excluding hydrogens is 460 g/mol. The summed E-state index contributed by atoms with van der Waals surface area (Å²) in [5.41, 5.74) is 3.24. The molecule has 1 amide bonds. The Labute approximate surface area is 206 Å². The third kappa shape index (κ3) is 5.63. The van der Waals surface area contributed by atoms with Crippen molar-refractivity contribution in [2.45, 2.75) is 38.2 Å². The smallest absolute Gasteiger partial charge is 0.265 e. The highest BCUT2D eigenvalue weighted by atomic mass is 32.2. The Morgan fingerprint density at radius 3 is 2.31 bits per heavy atom. The van der Waals surface area contributed by atoms with Gasteiger partial charge in [0, 0.05) is 11.1 Å². The number of ether oxygens (including phenoxy) is 1. The van der Waals surface area contributed by atoms with Gasteiger partial charge in [-0.1, -0.05) is 49.4 Å². The standard InChI is InChI=1S/C28H28N2O4S/c1-4-27(34-23-15-12-19(2)20(3)18-23)28(31)29-22-13-16-24(17-14-22)35(32,33)30-26-11-7-9-21-8-5-6-10-25(21)26/h5-18,27,30H,4H2,1-3H3,(H,29,31)/t27-/m1/s1. The van der Waals surface area contributed by atoms with Gasteiger partial charge in [0.1, 0.15) is 5.75 Å². The van der Waals surface area contributed by atoms with Crippen LogP contribution >= 0.6 is 0 Å². The van der Waals surface area contributed by atoms with Gasteiger partial charge in [-0.3, -0.25) is 9.52 Å². The second-order valence-electron chi connectivity index (χ2n) is 8.41. The molecule has 0 aromatic heterocycles. The number of carbonyl (C=O) groups excluding carboxylic acids is 1. The van der Waals surface area contributed by atoms with Crippen LogP contribution in [0.25, 0.3) is 10.8 Å². The molecule has 0 radical (unpaired) electrons. The summed E-state index contributed by atoms with van der Waals surface area (Å²) in [7, 11) is -3.81. The Bertz CT molecular complexity index is 1460. The number of fused-ring (bicyclic) bond motifs is 1. The minimum Gasteiger partial charge on any atom is -0.481 e. The molecule has 0 aliphatic carbocycles. The van der Waals surface area contributed by atoms with Crippen molar-refractivity contribution in [1.29, 1.82) is 0 Å². The van der Waals surface area contributed by atoms with E-state index < -0.39 is 16.1 Å². The summed E-state index contributed by atoms with van der Waals surface area (Å²) in [5, 5.41) is 4.57. The maximum absolute atomic E-state index is 13.0. The molecular formula is C28H28N2O4S. The average molecular weight is 489 g/mol. The molecule has 6 nitrogen and oxygen atoms in total. The molecule has 2 N–H and O–H groups in total. The molecule has 1 atom stereocenters. The summed E-state index contributed by atoms with van der Waals surface area (Å²) in [6, 6.07) is 24.8. The number of anilines is 2. The van der Waals surface area contributed by atoms with Gasteiger partial charge >= 0.3 is 0 Å². The third-order valence-corrected chi connectivity index (χ3v) is 7.27. The first-order valence-corrected chi connectivity index (χ1v) is 12.9. The lowest BCUT2D eigenvalue weighted by molar-refractivity contribution is -0.122. The lowest BCUT2D eigenvalue weighted by Gasteiger charge is -2.18. The van der Waals surface area contributed by atoms with Crippen molar-refractivity contribution in [3.8, 4) is 5.75 Å². The zero-order chi connectivity index (χ0) is 25.0. The quantitative estimate of drug-likeness (QED) is 0.316. The number of amides is 1. The summed E-state index contributed by atoms with van der Waals surface area (Å²) >= 11 is 0. The summed E-state index contributed by atoms with van der Waals surface area (Å²) in [4.78, 5) is 12.9. The first-order chi connectivity index (χ1) is 16.8. The fraction of sp³-hybridized carbons (Fsp3) is 0.179. The van der Waals surface area contributed by atoms with Crippen molar-refractivity contribution in [2.75, 3.05) is 10.0 Å². The van der Waals surface area contributed by atoms with Gasteiger partial charge in [-0.05, 0) is 79.2 Å². The van der Waals surface area contributed by atoms with E-state index in [1.165, 1.54) is 12.1 Å². The Balaban J connectivity index is 1.45. The van der Waals surface area contributed by atoms with Gasteiger partial charge in [0.25, 0.3) is 15.9 Å². The van der Waals surface area contributed by atoms with Crippen LogP contribution < -0.4 is 14.8 Å². The number of rotatable bonds is 8. The molecule has 7 heteroatoms. The number of carbonyl (C=O) groups is 1. The van der Waals surface area contributed by atoms with Crippen LogP contribution in [0.15, 0.2) is 89.8 Å². The van der Waals surface area contributed by atoms with Crippen LogP contribution in [0.4, 0.5) is 11.4 Å². The summed E-state index contributed by atoms with van der Waals surface area (Å²) in [5.74, 6) is 0.339. The Morgan fingerprint density at radius 2 is 1.60 bits per heavy atom. The predicted octanol–water partition coefficient (Wildman–Crippen LogP) is 6.05. The van der Waals surface area contributed by atoms with Gasteiger partial charge in [-0.25, -0.2) is 8.42 Å². The highest BCUT2D eigenvalue weighted by Crippen LogP contribution is 2.26. The van der Waals surface area contributed by atoms with Gasteiger partial charge in [-0.2, -0.15) is 0 Å². The molecule has 0 bridgehead atoms. The van der Waals surface area contributed by atoms with Gasteiger partial charge < -0.3 is 10.1 Å². The molecule has 0 spiro atoms. The molecule has 4 rings (SSSR count). The zero-order valence-electron chi connectivity index (χ0n) is 19.9. The van der Waals surface area contributed by atoms with Crippen LogP contribution in [0.1, 0.15) is 24.5 Å². The number of hydrogen-bond donors (Lipinski definition) is 2. The monoisotopic (exact) mass is 488 g/mol. The van der Waals surface area contributed by atoms with E-state index >= 15 is 0 Å². The Morgan fingerprint density at radius 1 is 0.886 bits per heavy atom. The average Bonchev–Trinajstić information content (AvgIpc) is 2.85. The van der Waals surface area contributed by atoms with Gasteiger partial charge in [0.2, 0.25) is 0 Å². The molecule has 0 aliphatic rings. The van der Waals surface area contributed by atoms with Crippen LogP contribution in [0.5, 0.6) is 5.75 Å². The fourth-order valence-corrected chi connectivity index (χ4v) is 4.81. The van der Waals surface area contributed by atoms with Crippen LogP contribution in [0, 0.1) is 13.8 Å². The van der Waals surface area contributed by atoms with E-state index in [9.17, 15) is 13.2 Å². The van der Waals surface area contributed by atoms with E-state index in [2.05, 4.69) is 10.0 Å². The number of aryl methyl sites for hydroxylation is 2. The molecule has 180 valence electrons. The van der Waals surface area contributed by atoms with Crippen molar-refractivity contribution in [1.82, 2.24) is 0 Å². The second-order valence-corrected chi connectivity index (χ2v) is 10.1. The van der Waals surface area contributed by atoms with Crippen molar-refractivity contribution in [3.05, 3.63) is 96.1 Å². The van der Waals surface area contributed by atoms with Crippen LogP contribution in [-0.2, 0) is 14.8 Å². The minimum atomic E-state index is -3.81. The van der Waals surface area contributed by atoms with Gasteiger partial charge in [-0.15, -0.1) is 0 Å². The molecule has 4 aromatic rings. The molecule has 35 heavy (non-hydrogen) atoms. The van der Waals surface area contributed by atoms with Gasteiger partial charge in [0.05, 0.1) is 10.6 Å². The van der Waals surface area contributed by atoms with Gasteiger partial charge in [0.15, 0.2) is 6.10 Å². The lowest BCUT2D eigenvalue weighted by Crippen LogP contribution is -2.32. The molecule has 0 saturated carbocycles. The van der Waals surface area contributed by atoms with Crippen molar-refractivity contribution in [2.24, 2.45) is 0 Å². The highest BCUT2D eigenvalue weighted by Gasteiger charge is 2.20. The van der Waals surface area contributed by atoms with Crippen molar-refractivity contribution in [3.63, 3.8) is 0 Å². The lowest BCUT2D eigenvalue weighted by atomic mass is 10.1. The van der Waals surface area contributed by atoms with E-state index in [0.717, 1.165) is 21.9 Å². The van der Waals surface area contributed by atoms with Crippen molar-refractivity contribution >= 4 is 38.1 Å². The molecule has 0 fully saturated rings. The SMILES string of the molecule is CC[C@@H](Oc1ccc(C)c(C)c1)C(=O)Nc1ccc(S(=O)(=O)Nc2cccc3ccccc23)cc1. The van der Waals surface area contributed by atoms with E-state index in [0.29, 0.717) is 23.5 Å². The first kappa shape index (κ1) is 24.3. The van der Waals surface area contributed by atoms with E-state index in [1.807, 2.05) is 75.4 Å². The molecule has 0 heterocycles.